The Kier molecular flexibility index (Phi) is 7.87. The molecule has 164 valence electrons. The third kappa shape index (κ3) is 7.06. The van der Waals surface area contributed by atoms with Crippen LogP contribution in [-0.4, -0.2) is 25.0 Å². The first kappa shape index (κ1) is 23.7. The van der Waals surface area contributed by atoms with Gasteiger partial charge in [0.05, 0.1) is 14.1 Å². The van der Waals surface area contributed by atoms with Gasteiger partial charge in [-0.15, -0.1) is 10.2 Å². The summed E-state index contributed by atoms with van der Waals surface area (Å²) < 4.78 is 36.9. The van der Waals surface area contributed by atoms with Crippen LogP contribution in [0.3, 0.4) is 0 Å². The van der Waals surface area contributed by atoms with Gasteiger partial charge in [0.1, 0.15) is 0 Å². The standard InChI is InChI=1S/C24H21N2S.ClHO4/c1-26(2)17-25-24-22(19-9-4-3-5-10-19)14-15-23(27-24)21-13-12-18-8-6-7-11-20(18)16-21;2-1(3,4)5/h3-17H,1-2H3;(H,2,3,4,5)/q+1;/p-1. The van der Waals surface area contributed by atoms with E-state index in [0.29, 0.717) is 0 Å². The van der Waals surface area contributed by atoms with Crippen LogP contribution in [0.4, 0.5) is 0 Å². The molecule has 0 saturated carbocycles. The highest BCUT2D eigenvalue weighted by molar-refractivity contribution is 7.13. The van der Waals surface area contributed by atoms with Crippen LogP contribution in [0.15, 0.2) is 89.9 Å². The van der Waals surface area contributed by atoms with Crippen molar-refractivity contribution in [1.82, 2.24) is 0 Å². The Morgan fingerprint density at radius 2 is 1.38 bits per heavy atom. The van der Waals surface area contributed by atoms with Gasteiger partial charge in [0, 0.05) is 10.4 Å². The maximum atomic E-state index is 8.49. The van der Waals surface area contributed by atoms with E-state index in [1.54, 1.807) is 11.3 Å². The van der Waals surface area contributed by atoms with Crippen LogP contribution in [0.25, 0.3) is 32.3 Å². The summed E-state index contributed by atoms with van der Waals surface area (Å²) in [5.41, 5.74) is 3.56. The van der Waals surface area contributed by atoms with Gasteiger partial charge in [0.15, 0.2) is 0 Å². The monoisotopic (exact) mass is 468 g/mol. The Balaban J connectivity index is 0.000000523. The highest BCUT2D eigenvalue weighted by Crippen LogP contribution is 2.28. The van der Waals surface area contributed by atoms with Gasteiger partial charge in [-0.25, -0.2) is 18.6 Å². The summed E-state index contributed by atoms with van der Waals surface area (Å²) >= 11 is 1.72. The minimum absolute atomic E-state index is 1.01. The van der Waals surface area contributed by atoms with E-state index in [4.69, 9.17) is 23.6 Å². The first-order chi connectivity index (χ1) is 15.2. The molecule has 0 aliphatic heterocycles. The second kappa shape index (κ2) is 10.6. The molecule has 0 aliphatic carbocycles. The molecule has 0 spiro atoms. The lowest BCUT2D eigenvalue weighted by Gasteiger charge is -2.17. The summed E-state index contributed by atoms with van der Waals surface area (Å²) in [5.74, 6) is 0. The van der Waals surface area contributed by atoms with Gasteiger partial charge < -0.3 is 0 Å². The van der Waals surface area contributed by atoms with Crippen LogP contribution in [0, 0.1) is 10.2 Å². The average Bonchev–Trinajstić information content (AvgIpc) is 2.76. The fraction of sp³-hybridized carbons (Fsp3) is 0.0833. The number of fused-ring (bicyclic) bond motifs is 1. The van der Waals surface area contributed by atoms with Crippen LogP contribution >= 0.6 is 11.3 Å². The first-order valence-electron chi connectivity index (χ1n) is 9.55. The lowest BCUT2D eigenvalue weighted by molar-refractivity contribution is -2.00. The first-order valence-corrected chi connectivity index (χ1v) is 11.6. The Morgan fingerprint density at radius 1 is 0.750 bits per heavy atom. The van der Waals surface area contributed by atoms with Crippen molar-refractivity contribution >= 4 is 28.4 Å². The van der Waals surface area contributed by atoms with Crippen molar-refractivity contribution in [3.8, 4) is 21.6 Å². The van der Waals surface area contributed by atoms with Gasteiger partial charge >= 0.3 is 0 Å². The van der Waals surface area contributed by atoms with E-state index in [2.05, 4.69) is 78.9 Å². The zero-order valence-electron chi connectivity index (χ0n) is 17.5. The summed E-state index contributed by atoms with van der Waals surface area (Å²) in [6.45, 7) is 0. The molecular formula is C24H21ClN2O4S. The topological polar surface area (TPSA) is 108 Å². The molecule has 6 nitrogen and oxygen atoms in total. The molecule has 32 heavy (non-hydrogen) atoms. The van der Waals surface area contributed by atoms with E-state index in [1.807, 2.05) is 31.1 Å². The molecule has 0 aliphatic rings. The molecule has 1 heterocycles. The van der Waals surface area contributed by atoms with Gasteiger partial charge in [-0.1, -0.05) is 78.1 Å². The second-order valence-electron chi connectivity index (χ2n) is 7.03. The van der Waals surface area contributed by atoms with E-state index in [0.717, 1.165) is 10.2 Å². The summed E-state index contributed by atoms with van der Waals surface area (Å²) in [6, 6.07) is 29.9. The molecule has 0 saturated heterocycles. The lowest BCUT2D eigenvalue weighted by Crippen LogP contribution is -2.68. The average molecular weight is 469 g/mol. The third-order valence-electron chi connectivity index (χ3n) is 4.36. The van der Waals surface area contributed by atoms with Crippen molar-refractivity contribution < 1.29 is 33.5 Å². The zero-order chi connectivity index (χ0) is 23.1. The maximum absolute atomic E-state index is 8.49. The number of hydrogen-bond acceptors (Lipinski definition) is 5. The zero-order valence-corrected chi connectivity index (χ0v) is 19.0. The maximum Gasteiger partial charge on any atom is 0.282 e. The molecular weight excluding hydrogens is 448 g/mol. The van der Waals surface area contributed by atoms with Crippen molar-refractivity contribution in [3.63, 3.8) is 0 Å². The van der Waals surface area contributed by atoms with E-state index >= 15 is 0 Å². The van der Waals surface area contributed by atoms with Gasteiger partial charge in [0.25, 0.3) is 6.34 Å². The minimum atomic E-state index is -4.94. The van der Waals surface area contributed by atoms with Crippen molar-refractivity contribution in [2.75, 3.05) is 14.1 Å². The Morgan fingerprint density at radius 3 is 2.03 bits per heavy atom. The second-order valence-corrected chi connectivity index (χ2v) is 8.82. The summed E-state index contributed by atoms with van der Waals surface area (Å²) in [4.78, 5) is 5.96. The predicted octanol–water partition coefficient (Wildman–Crippen LogP) is 0.680. The number of nitrogens with zero attached hydrogens (tertiary/aromatic N) is 2. The highest BCUT2D eigenvalue weighted by atomic mass is 35.7. The van der Waals surface area contributed by atoms with Crippen molar-refractivity contribution in [1.29, 1.82) is 0 Å². The number of halogens is 1. The molecule has 8 heteroatoms. The highest BCUT2D eigenvalue weighted by Gasteiger charge is 2.08. The van der Waals surface area contributed by atoms with Crippen LogP contribution < -0.4 is 23.3 Å². The van der Waals surface area contributed by atoms with E-state index in [-0.39, 0.29) is 0 Å². The van der Waals surface area contributed by atoms with E-state index in [1.165, 1.54) is 26.8 Å². The summed E-state index contributed by atoms with van der Waals surface area (Å²) in [7, 11) is -0.965. The van der Waals surface area contributed by atoms with E-state index in [9.17, 15) is 0 Å². The number of rotatable bonds is 3. The summed E-state index contributed by atoms with van der Waals surface area (Å²) in [6.07, 6.45) is 1.86. The van der Waals surface area contributed by atoms with Crippen molar-refractivity contribution in [3.05, 3.63) is 89.6 Å². The Bertz CT molecular complexity index is 1290. The molecule has 0 fully saturated rings. The SMILES string of the molecule is C[N+](C)=CN=c1sc(-c2ccc3ccccc3c2)ccc1-c1ccccc1.[O-][Cl+3]([O-])([O-])[O-]. The van der Waals surface area contributed by atoms with Crippen LogP contribution in [0.5, 0.6) is 0 Å². The van der Waals surface area contributed by atoms with Crippen molar-refractivity contribution in [2.45, 2.75) is 0 Å². The molecule has 4 rings (SSSR count). The van der Waals surface area contributed by atoms with Crippen molar-refractivity contribution in [2.24, 2.45) is 4.99 Å². The quantitative estimate of drug-likeness (QED) is 0.250. The largest absolute Gasteiger partial charge is 0.282 e. The number of hydrogen-bond donors (Lipinski definition) is 0. The number of benzene rings is 3. The molecule has 4 aromatic rings. The third-order valence-corrected chi connectivity index (χ3v) is 5.47. The van der Waals surface area contributed by atoms with Gasteiger partial charge in [-0.3, -0.25) is 4.58 Å². The molecule has 0 unspecified atom stereocenters. The molecule has 0 bridgehead atoms. The summed E-state index contributed by atoms with van der Waals surface area (Å²) in [5, 5.41) is 2.52. The minimum Gasteiger partial charge on any atom is -0.270 e. The van der Waals surface area contributed by atoms with Crippen LogP contribution in [-0.2, 0) is 0 Å². The Hall–Kier alpha value is -2.91. The van der Waals surface area contributed by atoms with E-state index < -0.39 is 10.2 Å². The molecule has 0 radical (unpaired) electrons. The molecule has 3 aromatic carbocycles. The normalized spacial score (nSPS) is 11.6. The lowest BCUT2D eigenvalue weighted by atomic mass is 10.1. The molecule has 0 amide bonds. The fourth-order valence-corrected chi connectivity index (χ4v) is 4.01. The molecule has 0 N–H and O–H groups in total. The van der Waals surface area contributed by atoms with Gasteiger partial charge in [-0.2, -0.15) is 0 Å². The van der Waals surface area contributed by atoms with Gasteiger partial charge in [0.2, 0.25) is 4.67 Å². The van der Waals surface area contributed by atoms with Crippen LogP contribution in [0.2, 0.25) is 0 Å². The van der Waals surface area contributed by atoms with Gasteiger partial charge in [-0.05, 0) is 45.1 Å². The van der Waals surface area contributed by atoms with Crippen LogP contribution in [0.1, 0.15) is 0 Å². The smallest absolute Gasteiger partial charge is 0.270 e. The fourth-order valence-electron chi connectivity index (χ4n) is 3.02. The molecule has 0 atom stereocenters. The molecule has 1 aromatic heterocycles. The predicted molar refractivity (Wildman–Crippen MR) is 116 cm³/mol. The Labute approximate surface area is 192 Å².